The standard InChI is InChI=1S/C27H26N8O3/c1-38-18-24-23(27(37)28-14-22-6-2-3-7-25(22)35-19-29-31-32-35)17-34(30-24)16-21-11-9-20(10-12-21)15-33-13-5-4-8-26(33)36/h2-13,17,19H,14-16,18H2,1H3,(H,28,37). The first kappa shape index (κ1) is 24.8. The molecular formula is C27H26N8O3. The van der Waals surface area contributed by atoms with Crippen LogP contribution < -0.4 is 10.9 Å². The average Bonchev–Trinajstić information content (AvgIpc) is 3.61. The van der Waals surface area contributed by atoms with Crippen molar-refractivity contribution in [3.05, 3.63) is 124 Å². The lowest BCUT2D eigenvalue weighted by atomic mass is 10.1. The van der Waals surface area contributed by atoms with E-state index in [4.69, 9.17) is 4.74 Å². The van der Waals surface area contributed by atoms with Gasteiger partial charge in [-0.05, 0) is 39.2 Å². The SMILES string of the molecule is COCc1nn(Cc2ccc(Cn3ccccc3=O)cc2)cc1C(=O)NCc1ccccc1-n1cnnn1. The largest absolute Gasteiger partial charge is 0.378 e. The van der Waals surface area contributed by atoms with Crippen LogP contribution >= 0.6 is 0 Å². The summed E-state index contributed by atoms with van der Waals surface area (Å²) in [5, 5.41) is 18.9. The molecule has 0 unspecified atom stereocenters. The van der Waals surface area contributed by atoms with Crippen molar-refractivity contribution in [2.24, 2.45) is 0 Å². The van der Waals surface area contributed by atoms with Gasteiger partial charge in [0.1, 0.15) is 12.0 Å². The molecule has 0 spiro atoms. The third-order valence-corrected chi connectivity index (χ3v) is 6.01. The zero-order valence-corrected chi connectivity index (χ0v) is 20.8. The maximum atomic E-state index is 13.1. The van der Waals surface area contributed by atoms with Gasteiger partial charge in [-0.1, -0.05) is 48.5 Å². The van der Waals surface area contributed by atoms with Gasteiger partial charge in [-0.3, -0.25) is 14.3 Å². The molecule has 0 bridgehead atoms. The predicted molar refractivity (Wildman–Crippen MR) is 139 cm³/mol. The molecule has 0 atom stereocenters. The van der Waals surface area contributed by atoms with Crippen LogP contribution in [0.1, 0.15) is 32.7 Å². The van der Waals surface area contributed by atoms with Gasteiger partial charge in [0, 0.05) is 32.1 Å². The van der Waals surface area contributed by atoms with Crippen LogP contribution in [0.5, 0.6) is 0 Å². The number of rotatable bonds is 10. The van der Waals surface area contributed by atoms with Crippen LogP contribution in [-0.2, 0) is 31.0 Å². The number of carbonyl (C=O) groups excluding carboxylic acids is 1. The van der Waals surface area contributed by atoms with Crippen molar-refractivity contribution in [1.29, 1.82) is 0 Å². The van der Waals surface area contributed by atoms with Crippen LogP contribution in [0.3, 0.4) is 0 Å². The third kappa shape index (κ3) is 5.73. The Balaban J connectivity index is 1.27. The summed E-state index contributed by atoms with van der Waals surface area (Å²) in [4.78, 5) is 25.1. The van der Waals surface area contributed by atoms with Crippen LogP contribution in [0.25, 0.3) is 5.69 Å². The molecule has 3 heterocycles. The molecule has 2 aromatic carbocycles. The fraction of sp³-hybridized carbons (Fsp3) is 0.185. The van der Waals surface area contributed by atoms with E-state index in [1.807, 2.05) is 54.6 Å². The molecule has 1 amide bonds. The number of nitrogens with one attached hydrogen (secondary N) is 1. The number of aromatic nitrogens is 7. The van der Waals surface area contributed by atoms with Crippen molar-refractivity contribution in [1.82, 2.24) is 39.9 Å². The quantitative estimate of drug-likeness (QED) is 0.306. The van der Waals surface area contributed by atoms with Crippen molar-refractivity contribution in [3.8, 4) is 5.69 Å². The van der Waals surface area contributed by atoms with Crippen LogP contribution in [0, 0.1) is 0 Å². The minimum Gasteiger partial charge on any atom is -0.378 e. The summed E-state index contributed by atoms with van der Waals surface area (Å²) in [6.45, 7) is 1.48. The second-order valence-corrected chi connectivity index (χ2v) is 8.67. The monoisotopic (exact) mass is 510 g/mol. The minimum absolute atomic E-state index is 0.0384. The summed E-state index contributed by atoms with van der Waals surface area (Å²) in [5.74, 6) is -0.251. The molecule has 0 saturated carbocycles. The first-order valence-corrected chi connectivity index (χ1v) is 12.0. The van der Waals surface area contributed by atoms with Crippen LogP contribution in [0.4, 0.5) is 0 Å². The van der Waals surface area contributed by atoms with E-state index < -0.39 is 0 Å². The van der Waals surface area contributed by atoms with Gasteiger partial charge in [0.15, 0.2) is 0 Å². The molecule has 11 heteroatoms. The number of nitrogens with zero attached hydrogens (tertiary/aromatic N) is 7. The Morgan fingerprint density at radius 2 is 1.74 bits per heavy atom. The maximum Gasteiger partial charge on any atom is 0.255 e. The molecule has 192 valence electrons. The van der Waals surface area contributed by atoms with Crippen molar-refractivity contribution >= 4 is 5.91 Å². The lowest BCUT2D eigenvalue weighted by Crippen LogP contribution is -2.24. The molecule has 0 fully saturated rings. The third-order valence-electron chi connectivity index (χ3n) is 6.01. The Morgan fingerprint density at radius 1 is 0.974 bits per heavy atom. The zero-order valence-electron chi connectivity index (χ0n) is 20.8. The average molecular weight is 511 g/mol. The summed E-state index contributed by atoms with van der Waals surface area (Å²) < 4.78 is 10.2. The first-order valence-electron chi connectivity index (χ1n) is 12.0. The molecule has 0 saturated heterocycles. The van der Waals surface area contributed by atoms with E-state index >= 15 is 0 Å². The Hall–Kier alpha value is -4.90. The normalized spacial score (nSPS) is 11.0. The van der Waals surface area contributed by atoms with Crippen molar-refractivity contribution in [3.63, 3.8) is 0 Å². The second-order valence-electron chi connectivity index (χ2n) is 8.67. The molecule has 3 aromatic heterocycles. The smallest absolute Gasteiger partial charge is 0.255 e. The zero-order chi connectivity index (χ0) is 26.3. The van der Waals surface area contributed by atoms with Crippen molar-refractivity contribution < 1.29 is 9.53 Å². The molecule has 0 aliphatic rings. The highest BCUT2D eigenvalue weighted by Gasteiger charge is 2.17. The molecule has 0 aliphatic heterocycles. The topological polar surface area (TPSA) is 122 Å². The molecule has 38 heavy (non-hydrogen) atoms. The molecule has 11 nitrogen and oxygen atoms in total. The predicted octanol–water partition coefficient (Wildman–Crippen LogP) is 2.19. The Bertz CT molecular complexity index is 1570. The van der Waals surface area contributed by atoms with Crippen LogP contribution in [0.2, 0.25) is 0 Å². The van der Waals surface area contributed by atoms with Gasteiger partial charge in [-0.2, -0.15) is 5.10 Å². The van der Waals surface area contributed by atoms with Gasteiger partial charge in [0.2, 0.25) is 0 Å². The van der Waals surface area contributed by atoms with E-state index in [-0.39, 0.29) is 18.1 Å². The maximum absolute atomic E-state index is 13.1. The van der Waals surface area contributed by atoms with E-state index in [0.717, 1.165) is 22.4 Å². The number of tetrazole rings is 1. The summed E-state index contributed by atoms with van der Waals surface area (Å²) in [6, 6.07) is 20.7. The Labute approximate surface area is 218 Å². The highest BCUT2D eigenvalue weighted by atomic mass is 16.5. The van der Waals surface area contributed by atoms with E-state index in [1.54, 1.807) is 45.6 Å². The van der Waals surface area contributed by atoms with E-state index in [1.165, 1.54) is 6.33 Å². The molecule has 0 radical (unpaired) electrons. The second kappa shape index (κ2) is 11.4. The van der Waals surface area contributed by atoms with Crippen LogP contribution in [0.15, 0.2) is 90.2 Å². The molecule has 5 aromatic rings. The van der Waals surface area contributed by atoms with Gasteiger partial charge in [-0.25, -0.2) is 4.68 Å². The highest BCUT2D eigenvalue weighted by molar-refractivity contribution is 5.95. The number of para-hydroxylation sites is 1. The van der Waals surface area contributed by atoms with Gasteiger partial charge in [-0.15, -0.1) is 5.10 Å². The number of ether oxygens (including phenoxy) is 1. The number of benzene rings is 2. The number of amides is 1. The van der Waals surface area contributed by atoms with Crippen LogP contribution in [-0.4, -0.2) is 47.6 Å². The fourth-order valence-electron chi connectivity index (χ4n) is 4.13. The Morgan fingerprint density at radius 3 is 2.47 bits per heavy atom. The molecule has 1 N–H and O–H groups in total. The van der Waals surface area contributed by atoms with Crippen molar-refractivity contribution in [2.45, 2.75) is 26.2 Å². The number of hydrogen-bond donors (Lipinski definition) is 1. The fourth-order valence-corrected chi connectivity index (χ4v) is 4.13. The molecule has 0 aliphatic carbocycles. The summed E-state index contributed by atoms with van der Waals surface area (Å²) in [6.07, 6.45) is 5.01. The lowest BCUT2D eigenvalue weighted by molar-refractivity contribution is 0.0946. The number of carbonyl (C=O) groups is 1. The number of pyridine rings is 1. The summed E-state index contributed by atoms with van der Waals surface area (Å²) in [7, 11) is 1.57. The summed E-state index contributed by atoms with van der Waals surface area (Å²) in [5.41, 5.74) is 4.65. The molecule has 5 rings (SSSR count). The lowest BCUT2D eigenvalue weighted by Gasteiger charge is -2.09. The van der Waals surface area contributed by atoms with E-state index in [0.29, 0.717) is 30.9 Å². The van der Waals surface area contributed by atoms with Gasteiger partial charge >= 0.3 is 0 Å². The number of methoxy groups -OCH3 is 1. The van der Waals surface area contributed by atoms with Gasteiger partial charge in [0.05, 0.1) is 30.9 Å². The highest BCUT2D eigenvalue weighted by Crippen LogP contribution is 2.15. The Kier molecular flexibility index (Phi) is 7.46. The van der Waals surface area contributed by atoms with Crippen molar-refractivity contribution in [2.75, 3.05) is 7.11 Å². The molecular weight excluding hydrogens is 484 g/mol. The minimum atomic E-state index is -0.251. The van der Waals surface area contributed by atoms with Gasteiger partial charge in [0.25, 0.3) is 11.5 Å². The van der Waals surface area contributed by atoms with E-state index in [2.05, 4.69) is 25.9 Å². The van der Waals surface area contributed by atoms with Gasteiger partial charge < -0.3 is 14.6 Å². The van der Waals surface area contributed by atoms with E-state index in [9.17, 15) is 9.59 Å². The summed E-state index contributed by atoms with van der Waals surface area (Å²) >= 11 is 0. The first-order chi connectivity index (χ1) is 18.6. The number of hydrogen-bond acceptors (Lipinski definition) is 7.